The molecule has 2 aromatic rings. The number of hydrogen-bond donors (Lipinski definition) is 1. The van der Waals surface area contributed by atoms with Gasteiger partial charge in [0.05, 0.1) is 18.0 Å². The first kappa shape index (κ1) is 9.92. The minimum atomic E-state index is -0.534. The smallest absolute Gasteiger partial charge is 0.0876 e. The Morgan fingerprint density at radius 3 is 2.73 bits per heavy atom. The number of aliphatic hydroxyl groups excluding tert-OH is 1. The number of aryl methyl sites for hydroxylation is 2. The molecule has 5 heteroatoms. The van der Waals surface area contributed by atoms with Gasteiger partial charge < -0.3 is 5.11 Å². The Labute approximate surface area is 88.0 Å². The zero-order valence-corrected chi connectivity index (χ0v) is 8.83. The monoisotopic (exact) mass is 206 g/mol. The van der Waals surface area contributed by atoms with Crippen molar-refractivity contribution in [3.63, 3.8) is 0 Å². The van der Waals surface area contributed by atoms with Gasteiger partial charge in [0, 0.05) is 38.5 Å². The third-order valence-corrected chi connectivity index (χ3v) is 2.28. The largest absolute Gasteiger partial charge is 0.388 e. The van der Waals surface area contributed by atoms with Gasteiger partial charge in [-0.05, 0) is 6.07 Å². The summed E-state index contributed by atoms with van der Waals surface area (Å²) >= 11 is 0. The summed E-state index contributed by atoms with van der Waals surface area (Å²) in [6, 6.07) is 1.90. The summed E-state index contributed by atoms with van der Waals surface area (Å²) in [7, 11) is 3.69. The van der Waals surface area contributed by atoms with Crippen molar-refractivity contribution in [3.8, 4) is 0 Å². The highest BCUT2D eigenvalue weighted by Gasteiger charge is 2.11. The second-order valence-electron chi connectivity index (χ2n) is 3.65. The van der Waals surface area contributed by atoms with E-state index in [1.807, 2.05) is 32.6 Å². The van der Waals surface area contributed by atoms with Gasteiger partial charge in [-0.1, -0.05) is 0 Å². The van der Waals surface area contributed by atoms with Gasteiger partial charge in [0.15, 0.2) is 0 Å². The van der Waals surface area contributed by atoms with Crippen molar-refractivity contribution in [3.05, 3.63) is 35.9 Å². The molecule has 0 amide bonds. The SMILES string of the molecule is Cn1cc(C(O)Cc2ccn(C)n2)cn1. The maximum Gasteiger partial charge on any atom is 0.0876 e. The average molecular weight is 206 g/mol. The molecular formula is C10H14N4O. The van der Waals surface area contributed by atoms with E-state index in [9.17, 15) is 5.11 Å². The number of rotatable bonds is 3. The van der Waals surface area contributed by atoms with Crippen LogP contribution in [0, 0.1) is 0 Å². The van der Waals surface area contributed by atoms with E-state index in [1.165, 1.54) is 0 Å². The van der Waals surface area contributed by atoms with Gasteiger partial charge in [0.2, 0.25) is 0 Å². The summed E-state index contributed by atoms with van der Waals surface area (Å²) in [6.45, 7) is 0. The summed E-state index contributed by atoms with van der Waals surface area (Å²) in [5.74, 6) is 0. The zero-order valence-electron chi connectivity index (χ0n) is 8.83. The van der Waals surface area contributed by atoms with Crippen LogP contribution in [-0.2, 0) is 20.5 Å². The number of hydrogen-bond acceptors (Lipinski definition) is 3. The Kier molecular flexibility index (Phi) is 2.55. The molecule has 5 nitrogen and oxygen atoms in total. The summed E-state index contributed by atoms with van der Waals surface area (Å²) in [6.07, 6.45) is 5.34. The van der Waals surface area contributed by atoms with Crippen LogP contribution < -0.4 is 0 Å². The molecule has 80 valence electrons. The molecule has 1 unspecified atom stereocenters. The molecule has 1 atom stereocenters. The Morgan fingerprint density at radius 2 is 2.20 bits per heavy atom. The van der Waals surface area contributed by atoms with E-state index < -0.39 is 6.10 Å². The minimum Gasteiger partial charge on any atom is -0.388 e. The first-order valence-corrected chi connectivity index (χ1v) is 4.80. The molecule has 2 rings (SSSR count). The average Bonchev–Trinajstić information content (AvgIpc) is 2.75. The van der Waals surface area contributed by atoms with E-state index in [1.54, 1.807) is 15.6 Å². The van der Waals surface area contributed by atoms with Gasteiger partial charge in [-0.3, -0.25) is 9.36 Å². The maximum atomic E-state index is 9.89. The van der Waals surface area contributed by atoms with E-state index in [-0.39, 0.29) is 0 Å². The fraction of sp³-hybridized carbons (Fsp3) is 0.400. The molecule has 2 heterocycles. The van der Waals surface area contributed by atoms with Crippen LogP contribution in [0.3, 0.4) is 0 Å². The standard InChI is InChI=1S/C10H14N4O/c1-13-4-3-9(12-13)5-10(15)8-6-11-14(2)7-8/h3-4,6-7,10,15H,5H2,1-2H3. The summed E-state index contributed by atoms with van der Waals surface area (Å²) < 4.78 is 3.41. The lowest BCUT2D eigenvalue weighted by molar-refractivity contribution is 0.177. The van der Waals surface area contributed by atoms with Crippen LogP contribution in [-0.4, -0.2) is 24.7 Å². The summed E-state index contributed by atoms with van der Waals surface area (Å²) in [5, 5.41) is 18.1. The van der Waals surface area contributed by atoms with E-state index in [2.05, 4.69) is 10.2 Å². The van der Waals surface area contributed by atoms with Crippen molar-refractivity contribution in [1.82, 2.24) is 19.6 Å². The van der Waals surface area contributed by atoms with Crippen LogP contribution in [0.5, 0.6) is 0 Å². The fourth-order valence-corrected chi connectivity index (χ4v) is 1.50. The number of aromatic nitrogens is 4. The van der Waals surface area contributed by atoms with E-state index in [0.29, 0.717) is 6.42 Å². The molecule has 1 N–H and O–H groups in total. The van der Waals surface area contributed by atoms with Crippen molar-refractivity contribution >= 4 is 0 Å². The topological polar surface area (TPSA) is 55.9 Å². The highest BCUT2D eigenvalue weighted by molar-refractivity contribution is 5.12. The van der Waals surface area contributed by atoms with Gasteiger partial charge in [-0.25, -0.2) is 0 Å². The Hall–Kier alpha value is -1.62. The number of aliphatic hydroxyl groups is 1. The Balaban J connectivity index is 2.06. The molecule has 0 aliphatic heterocycles. The van der Waals surface area contributed by atoms with Crippen molar-refractivity contribution in [2.75, 3.05) is 0 Å². The van der Waals surface area contributed by atoms with Crippen LogP contribution in [0.25, 0.3) is 0 Å². The van der Waals surface area contributed by atoms with E-state index in [4.69, 9.17) is 0 Å². The highest BCUT2D eigenvalue weighted by Crippen LogP contribution is 2.15. The van der Waals surface area contributed by atoms with Crippen LogP contribution in [0.2, 0.25) is 0 Å². The third-order valence-electron chi connectivity index (χ3n) is 2.28. The quantitative estimate of drug-likeness (QED) is 0.792. The molecule has 2 aromatic heterocycles. The first-order valence-electron chi connectivity index (χ1n) is 4.80. The van der Waals surface area contributed by atoms with Gasteiger partial charge in [-0.15, -0.1) is 0 Å². The molecule has 0 spiro atoms. The Bertz CT molecular complexity index is 446. The first-order chi connectivity index (χ1) is 7.15. The molecule has 0 aliphatic carbocycles. The second-order valence-corrected chi connectivity index (χ2v) is 3.65. The molecule has 0 aliphatic rings. The van der Waals surface area contributed by atoms with Crippen molar-refractivity contribution in [2.45, 2.75) is 12.5 Å². The zero-order chi connectivity index (χ0) is 10.8. The van der Waals surface area contributed by atoms with Crippen LogP contribution in [0.15, 0.2) is 24.7 Å². The lowest BCUT2D eigenvalue weighted by Gasteiger charge is -2.05. The maximum absolute atomic E-state index is 9.89. The van der Waals surface area contributed by atoms with E-state index >= 15 is 0 Å². The van der Waals surface area contributed by atoms with Crippen molar-refractivity contribution in [1.29, 1.82) is 0 Å². The van der Waals surface area contributed by atoms with Crippen LogP contribution in [0.4, 0.5) is 0 Å². The molecular weight excluding hydrogens is 192 g/mol. The Morgan fingerprint density at radius 1 is 1.40 bits per heavy atom. The molecule has 15 heavy (non-hydrogen) atoms. The lowest BCUT2D eigenvalue weighted by Crippen LogP contribution is -2.02. The normalized spacial score (nSPS) is 13.0. The van der Waals surface area contributed by atoms with E-state index in [0.717, 1.165) is 11.3 Å². The van der Waals surface area contributed by atoms with Gasteiger partial charge in [0.25, 0.3) is 0 Å². The summed E-state index contributed by atoms with van der Waals surface area (Å²) in [4.78, 5) is 0. The van der Waals surface area contributed by atoms with Crippen molar-refractivity contribution in [2.24, 2.45) is 14.1 Å². The second kappa shape index (κ2) is 3.86. The molecule has 0 radical (unpaired) electrons. The third kappa shape index (κ3) is 2.24. The van der Waals surface area contributed by atoms with Crippen LogP contribution >= 0.6 is 0 Å². The highest BCUT2D eigenvalue weighted by atomic mass is 16.3. The molecule has 0 fully saturated rings. The van der Waals surface area contributed by atoms with Gasteiger partial charge >= 0.3 is 0 Å². The summed E-state index contributed by atoms with van der Waals surface area (Å²) in [5.41, 5.74) is 1.71. The lowest BCUT2D eigenvalue weighted by atomic mass is 10.1. The fourth-order valence-electron chi connectivity index (χ4n) is 1.50. The van der Waals surface area contributed by atoms with Gasteiger partial charge in [-0.2, -0.15) is 10.2 Å². The molecule has 0 bridgehead atoms. The predicted octanol–water partition coefficient (Wildman–Crippen LogP) is 0.430. The van der Waals surface area contributed by atoms with Gasteiger partial charge in [0.1, 0.15) is 0 Å². The predicted molar refractivity (Wildman–Crippen MR) is 55.1 cm³/mol. The molecule has 0 saturated carbocycles. The van der Waals surface area contributed by atoms with Crippen molar-refractivity contribution < 1.29 is 5.11 Å². The number of nitrogens with zero attached hydrogens (tertiary/aromatic N) is 4. The molecule has 0 saturated heterocycles. The van der Waals surface area contributed by atoms with Crippen LogP contribution in [0.1, 0.15) is 17.4 Å². The molecule has 0 aromatic carbocycles. The minimum absolute atomic E-state index is 0.520.